The van der Waals surface area contributed by atoms with Crippen LogP contribution < -0.4 is 5.32 Å². The number of nitrogens with zero attached hydrogens (tertiary/aromatic N) is 1. The molecule has 1 fully saturated rings. The lowest BCUT2D eigenvalue weighted by atomic mass is 9.95. The van der Waals surface area contributed by atoms with Gasteiger partial charge in [-0.2, -0.15) is 0 Å². The van der Waals surface area contributed by atoms with E-state index in [0.717, 1.165) is 12.0 Å². The molecule has 0 aliphatic carbocycles. The average molecular weight is 389 g/mol. The Labute approximate surface area is 169 Å². The maximum absolute atomic E-state index is 12.7. The fourth-order valence-corrected chi connectivity index (χ4v) is 3.48. The minimum absolute atomic E-state index is 0.0236. The Bertz CT molecular complexity index is 653. The van der Waals surface area contributed by atoms with Crippen LogP contribution in [0.3, 0.4) is 0 Å². The normalized spacial score (nSPS) is 16.8. The molecule has 5 nitrogen and oxygen atoms in total. The van der Waals surface area contributed by atoms with Crippen LogP contribution in [0.5, 0.6) is 0 Å². The summed E-state index contributed by atoms with van der Waals surface area (Å²) < 4.78 is 5.42. The van der Waals surface area contributed by atoms with E-state index in [4.69, 9.17) is 4.74 Å². The van der Waals surface area contributed by atoms with E-state index in [9.17, 15) is 9.59 Å². The SMILES string of the molecule is CC(C)Cc1ccc([C@@H](C)NC(=O)C2CCN(C(=O)OC(C)(C)C)CC2)cc1. The molecule has 0 aromatic heterocycles. The van der Waals surface area contributed by atoms with E-state index in [1.165, 1.54) is 5.56 Å². The maximum Gasteiger partial charge on any atom is 0.410 e. The molecule has 156 valence electrons. The van der Waals surface area contributed by atoms with Crippen LogP contribution in [0.1, 0.15) is 71.6 Å². The van der Waals surface area contributed by atoms with E-state index in [1.807, 2.05) is 27.7 Å². The van der Waals surface area contributed by atoms with Crippen molar-refractivity contribution in [3.63, 3.8) is 0 Å². The van der Waals surface area contributed by atoms with E-state index >= 15 is 0 Å². The van der Waals surface area contributed by atoms with Gasteiger partial charge < -0.3 is 15.0 Å². The molecule has 1 aromatic rings. The number of carbonyl (C=O) groups is 2. The van der Waals surface area contributed by atoms with Crippen molar-refractivity contribution in [1.82, 2.24) is 10.2 Å². The van der Waals surface area contributed by atoms with Crippen molar-refractivity contribution in [2.75, 3.05) is 13.1 Å². The third-order valence-corrected chi connectivity index (χ3v) is 5.00. The zero-order chi connectivity index (χ0) is 20.9. The molecule has 1 aromatic carbocycles. The number of likely N-dealkylation sites (tertiary alicyclic amines) is 1. The van der Waals surface area contributed by atoms with Crippen molar-refractivity contribution in [3.05, 3.63) is 35.4 Å². The van der Waals surface area contributed by atoms with Crippen LogP contribution in [-0.2, 0) is 16.0 Å². The largest absolute Gasteiger partial charge is 0.444 e. The Balaban J connectivity index is 1.82. The van der Waals surface area contributed by atoms with E-state index in [2.05, 4.69) is 43.4 Å². The van der Waals surface area contributed by atoms with Gasteiger partial charge in [0.2, 0.25) is 5.91 Å². The van der Waals surface area contributed by atoms with Crippen LogP contribution in [0.25, 0.3) is 0 Å². The minimum atomic E-state index is -0.495. The van der Waals surface area contributed by atoms with Gasteiger partial charge in [-0.25, -0.2) is 4.79 Å². The summed E-state index contributed by atoms with van der Waals surface area (Å²) in [7, 11) is 0. The van der Waals surface area contributed by atoms with Gasteiger partial charge in [-0.3, -0.25) is 4.79 Å². The smallest absolute Gasteiger partial charge is 0.410 e. The number of carbonyl (C=O) groups excluding carboxylic acids is 2. The molecule has 28 heavy (non-hydrogen) atoms. The molecule has 0 bridgehead atoms. The monoisotopic (exact) mass is 388 g/mol. The molecule has 5 heteroatoms. The van der Waals surface area contributed by atoms with Gasteiger partial charge in [0, 0.05) is 19.0 Å². The maximum atomic E-state index is 12.7. The third kappa shape index (κ3) is 6.84. The summed E-state index contributed by atoms with van der Waals surface area (Å²) in [6.07, 6.45) is 2.12. The lowest BCUT2D eigenvalue weighted by molar-refractivity contribution is -0.127. The molecule has 1 N–H and O–H groups in total. The van der Waals surface area contributed by atoms with Crippen molar-refractivity contribution >= 4 is 12.0 Å². The first-order chi connectivity index (χ1) is 13.0. The molecule has 2 amide bonds. The number of piperidine rings is 1. The number of rotatable bonds is 5. The predicted octanol–water partition coefficient (Wildman–Crippen LogP) is 4.71. The first-order valence-electron chi connectivity index (χ1n) is 10.4. The van der Waals surface area contributed by atoms with Crippen LogP contribution in [0.4, 0.5) is 4.79 Å². The van der Waals surface area contributed by atoms with Gasteiger partial charge >= 0.3 is 6.09 Å². The summed E-state index contributed by atoms with van der Waals surface area (Å²) in [5, 5.41) is 3.13. The number of hydrogen-bond acceptors (Lipinski definition) is 3. The fraction of sp³-hybridized carbons (Fsp3) is 0.652. The summed E-state index contributed by atoms with van der Waals surface area (Å²) in [6.45, 7) is 13.2. The van der Waals surface area contributed by atoms with Gasteiger partial charge in [0.05, 0.1) is 6.04 Å². The number of nitrogens with one attached hydrogen (secondary N) is 1. The second-order valence-corrected chi connectivity index (χ2v) is 9.31. The van der Waals surface area contributed by atoms with Gasteiger partial charge in [-0.05, 0) is 64.0 Å². The Kier molecular flexibility index (Phi) is 7.50. The Morgan fingerprint density at radius 1 is 1.11 bits per heavy atom. The van der Waals surface area contributed by atoms with Gasteiger partial charge in [-0.1, -0.05) is 38.1 Å². The number of amides is 2. The summed E-state index contributed by atoms with van der Waals surface area (Å²) >= 11 is 0. The molecule has 1 atom stereocenters. The highest BCUT2D eigenvalue weighted by molar-refractivity contribution is 5.79. The number of hydrogen-bond donors (Lipinski definition) is 1. The summed E-state index contributed by atoms with van der Waals surface area (Å²) in [5.74, 6) is 0.651. The second kappa shape index (κ2) is 9.44. The Morgan fingerprint density at radius 2 is 1.68 bits per heavy atom. The summed E-state index contributed by atoms with van der Waals surface area (Å²) in [4.78, 5) is 26.5. The molecular weight excluding hydrogens is 352 g/mol. The van der Waals surface area contributed by atoms with Gasteiger partial charge in [-0.15, -0.1) is 0 Å². The molecule has 0 spiro atoms. The first kappa shape index (κ1) is 22.3. The predicted molar refractivity (Wildman–Crippen MR) is 112 cm³/mol. The molecular formula is C23H36N2O3. The lowest BCUT2D eigenvalue weighted by Gasteiger charge is -2.33. The van der Waals surface area contributed by atoms with Gasteiger partial charge in [0.1, 0.15) is 5.60 Å². The average Bonchev–Trinajstić information content (AvgIpc) is 2.60. The van der Waals surface area contributed by atoms with Gasteiger partial charge in [0.15, 0.2) is 0 Å². The van der Waals surface area contributed by atoms with E-state index < -0.39 is 5.60 Å². The Hall–Kier alpha value is -2.04. The molecule has 1 aliphatic rings. The summed E-state index contributed by atoms with van der Waals surface area (Å²) in [6, 6.07) is 8.49. The van der Waals surface area contributed by atoms with Crippen molar-refractivity contribution in [2.24, 2.45) is 11.8 Å². The lowest BCUT2D eigenvalue weighted by Crippen LogP contribution is -2.45. The van der Waals surface area contributed by atoms with E-state index in [-0.39, 0.29) is 24.0 Å². The topological polar surface area (TPSA) is 58.6 Å². The van der Waals surface area contributed by atoms with Crippen LogP contribution in [0.2, 0.25) is 0 Å². The summed E-state index contributed by atoms with van der Waals surface area (Å²) in [5.41, 5.74) is 1.95. The van der Waals surface area contributed by atoms with E-state index in [0.29, 0.717) is 31.8 Å². The van der Waals surface area contributed by atoms with E-state index in [1.54, 1.807) is 4.90 Å². The molecule has 0 radical (unpaired) electrons. The second-order valence-electron chi connectivity index (χ2n) is 9.31. The third-order valence-electron chi connectivity index (χ3n) is 5.00. The minimum Gasteiger partial charge on any atom is -0.444 e. The standard InChI is InChI=1S/C23H36N2O3/c1-16(2)15-18-7-9-19(10-8-18)17(3)24-21(26)20-11-13-25(14-12-20)22(27)28-23(4,5)6/h7-10,16-17,20H,11-15H2,1-6H3,(H,24,26)/t17-/m1/s1. The van der Waals surface area contributed by atoms with Crippen LogP contribution >= 0.6 is 0 Å². The zero-order valence-electron chi connectivity index (χ0n) is 18.2. The quantitative estimate of drug-likeness (QED) is 0.795. The van der Waals surface area contributed by atoms with Gasteiger partial charge in [0.25, 0.3) is 0 Å². The Morgan fingerprint density at radius 3 is 2.18 bits per heavy atom. The van der Waals surface area contributed by atoms with Crippen LogP contribution in [-0.4, -0.2) is 35.6 Å². The fourth-order valence-electron chi connectivity index (χ4n) is 3.48. The molecule has 1 aliphatic heterocycles. The van der Waals surface area contributed by atoms with Crippen molar-refractivity contribution < 1.29 is 14.3 Å². The van der Waals surface area contributed by atoms with Crippen LogP contribution in [0.15, 0.2) is 24.3 Å². The van der Waals surface area contributed by atoms with Crippen molar-refractivity contribution in [1.29, 1.82) is 0 Å². The highest BCUT2D eigenvalue weighted by Gasteiger charge is 2.30. The highest BCUT2D eigenvalue weighted by atomic mass is 16.6. The highest BCUT2D eigenvalue weighted by Crippen LogP contribution is 2.22. The van der Waals surface area contributed by atoms with Crippen LogP contribution in [0, 0.1) is 11.8 Å². The molecule has 0 unspecified atom stereocenters. The van der Waals surface area contributed by atoms with Crippen molar-refractivity contribution in [3.8, 4) is 0 Å². The van der Waals surface area contributed by atoms with Crippen molar-refractivity contribution in [2.45, 2.75) is 72.4 Å². The number of ether oxygens (including phenoxy) is 1. The number of benzene rings is 1. The first-order valence-corrected chi connectivity index (χ1v) is 10.4. The molecule has 0 saturated carbocycles. The molecule has 1 heterocycles. The molecule has 1 saturated heterocycles. The zero-order valence-corrected chi connectivity index (χ0v) is 18.2. The molecule has 2 rings (SSSR count).